The third-order valence-electron chi connectivity index (χ3n) is 4.47. The molecule has 0 atom stereocenters. The number of rotatable bonds is 2. The van der Waals surface area contributed by atoms with Crippen molar-refractivity contribution in [1.82, 2.24) is 9.55 Å². The second kappa shape index (κ2) is 5.27. The molecule has 1 N–H and O–H groups in total. The number of benzene rings is 1. The summed E-state index contributed by atoms with van der Waals surface area (Å²) in [7, 11) is 0. The predicted octanol–water partition coefficient (Wildman–Crippen LogP) is 2.52. The standard InChI is InChI=1S/C16H20N2O2/c1-11-6-8-12(9-7-11)10-18-15(19)13-4-2-3-5-14(13)17-16(18)20/h2-5,11-12H,6-10H2,1H3,(H,17,20). The van der Waals surface area contributed by atoms with Crippen LogP contribution in [0.2, 0.25) is 0 Å². The van der Waals surface area contributed by atoms with Gasteiger partial charge in [0.25, 0.3) is 5.56 Å². The zero-order valence-corrected chi connectivity index (χ0v) is 11.8. The van der Waals surface area contributed by atoms with Crippen LogP contribution in [0.1, 0.15) is 32.6 Å². The van der Waals surface area contributed by atoms with Crippen LogP contribution in [0.25, 0.3) is 10.9 Å². The first kappa shape index (κ1) is 13.2. The molecule has 20 heavy (non-hydrogen) atoms. The van der Waals surface area contributed by atoms with Crippen LogP contribution in [0.3, 0.4) is 0 Å². The number of hydrogen-bond acceptors (Lipinski definition) is 2. The topological polar surface area (TPSA) is 54.9 Å². The van der Waals surface area contributed by atoms with Gasteiger partial charge in [0.15, 0.2) is 0 Å². The molecule has 3 rings (SSSR count). The van der Waals surface area contributed by atoms with Crippen molar-refractivity contribution in [2.75, 3.05) is 0 Å². The normalized spacial score (nSPS) is 23.1. The Labute approximate surface area is 117 Å². The Balaban J connectivity index is 1.95. The lowest BCUT2D eigenvalue weighted by Crippen LogP contribution is -2.37. The fourth-order valence-corrected chi connectivity index (χ4v) is 3.13. The molecule has 1 fully saturated rings. The summed E-state index contributed by atoms with van der Waals surface area (Å²) in [6, 6.07) is 7.19. The minimum Gasteiger partial charge on any atom is -0.307 e. The molecule has 0 aliphatic heterocycles. The van der Waals surface area contributed by atoms with E-state index in [1.807, 2.05) is 12.1 Å². The van der Waals surface area contributed by atoms with Crippen molar-refractivity contribution >= 4 is 10.9 Å². The molecule has 106 valence electrons. The number of aromatic nitrogens is 2. The third kappa shape index (κ3) is 2.42. The summed E-state index contributed by atoms with van der Waals surface area (Å²) >= 11 is 0. The van der Waals surface area contributed by atoms with Crippen molar-refractivity contribution in [3.63, 3.8) is 0 Å². The first-order valence-corrected chi connectivity index (χ1v) is 7.37. The molecule has 0 bridgehead atoms. The van der Waals surface area contributed by atoms with E-state index in [2.05, 4.69) is 11.9 Å². The molecule has 1 saturated carbocycles. The molecule has 0 amide bonds. The molecule has 0 spiro atoms. The van der Waals surface area contributed by atoms with Crippen LogP contribution in [-0.4, -0.2) is 9.55 Å². The minimum atomic E-state index is -0.285. The smallest absolute Gasteiger partial charge is 0.307 e. The van der Waals surface area contributed by atoms with Crippen LogP contribution in [0.5, 0.6) is 0 Å². The predicted molar refractivity (Wildman–Crippen MR) is 80.0 cm³/mol. The lowest BCUT2D eigenvalue weighted by molar-refractivity contribution is 0.260. The monoisotopic (exact) mass is 272 g/mol. The highest BCUT2D eigenvalue weighted by molar-refractivity contribution is 5.76. The van der Waals surface area contributed by atoms with Crippen molar-refractivity contribution < 1.29 is 0 Å². The molecule has 0 unspecified atom stereocenters. The minimum absolute atomic E-state index is 0.164. The van der Waals surface area contributed by atoms with Crippen molar-refractivity contribution in [1.29, 1.82) is 0 Å². The van der Waals surface area contributed by atoms with Crippen molar-refractivity contribution in [2.45, 2.75) is 39.2 Å². The summed E-state index contributed by atoms with van der Waals surface area (Å²) in [5.74, 6) is 1.23. The Hall–Kier alpha value is -1.84. The Morgan fingerprint density at radius 2 is 1.85 bits per heavy atom. The zero-order chi connectivity index (χ0) is 14.1. The number of H-pyrrole nitrogens is 1. The maximum atomic E-state index is 12.4. The first-order valence-electron chi connectivity index (χ1n) is 7.37. The summed E-state index contributed by atoms with van der Waals surface area (Å²) in [6.07, 6.45) is 4.62. The SMILES string of the molecule is CC1CCC(Cn2c(=O)[nH]c3ccccc3c2=O)CC1. The van der Waals surface area contributed by atoms with Gasteiger partial charge in [-0.15, -0.1) is 0 Å². The van der Waals surface area contributed by atoms with E-state index in [1.165, 1.54) is 17.4 Å². The van der Waals surface area contributed by atoms with Crippen LogP contribution >= 0.6 is 0 Å². The number of nitrogens with zero attached hydrogens (tertiary/aromatic N) is 1. The van der Waals surface area contributed by atoms with E-state index >= 15 is 0 Å². The van der Waals surface area contributed by atoms with E-state index in [9.17, 15) is 9.59 Å². The molecular weight excluding hydrogens is 252 g/mol. The molecule has 1 heterocycles. The molecule has 1 aliphatic rings. The van der Waals surface area contributed by atoms with Gasteiger partial charge in [0.05, 0.1) is 10.9 Å². The van der Waals surface area contributed by atoms with E-state index in [4.69, 9.17) is 0 Å². The summed E-state index contributed by atoms with van der Waals surface area (Å²) in [4.78, 5) is 27.3. The Kier molecular flexibility index (Phi) is 3.47. The van der Waals surface area contributed by atoms with Gasteiger partial charge in [0, 0.05) is 6.54 Å². The van der Waals surface area contributed by atoms with Gasteiger partial charge in [-0.05, 0) is 36.8 Å². The number of para-hydroxylation sites is 1. The van der Waals surface area contributed by atoms with Gasteiger partial charge in [0.2, 0.25) is 0 Å². The van der Waals surface area contributed by atoms with E-state index in [-0.39, 0.29) is 11.2 Å². The molecule has 0 saturated heterocycles. The van der Waals surface area contributed by atoms with Gasteiger partial charge >= 0.3 is 5.69 Å². The fraction of sp³-hybridized carbons (Fsp3) is 0.500. The van der Waals surface area contributed by atoms with Crippen LogP contribution < -0.4 is 11.2 Å². The van der Waals surface area contributed by atoms with Crippen LogP contribution in [-0.2, 0) is 6.54 Å². The molecule has 1 aliphatic carbocycles. The maximum Gasteiger partial charge on any atom is 0.328 e. The highest BCUT2D eigenvalue weighted by atomic mass is 16.2. The van der Waals surface area contributed by atoms with E-state index in [1.54, 1.807) is 12.1 Å². The van der Waals surface area contributed by atoms with Gasteiger partial charge in [0.1, 0.15) is 0 Å². The highest BCUT2D eigenvalue weighted by Crippen LogP contribution is 2.28. The largest absolute Gasteiger partial charge is 0.328 e. The fourth-order valence-electron chi connectivity index (χ4n) is 3.13. The molecule has 2 aromatic rings. The molecule has 0 radical (unpaired) electrons. The van der Waals surface area contributed by atoms with Crippen molar-refractivity contribution in [2.24, 2.45) is 11.8 Å². The van der Waals surface area contributed by atoms with Crippen LogP contribution in [0.4, 0.5) is 0 Å². The maximum absolute atomic E-state index is 12.4. The van der Waals surface area contributed by atoms with Gasteiger partial charge in [-0.3, -0.25) is 9.36 Å². The molecule has 4 nitrogen and oxygen atoms in total. The Morgan fingerprint density at radius 1 is 1.15 bits per heavy atom. The summed E-state index contributed by atoms with van der Waals surface area (Å²) < 4.78 is 1.38. The van der Waals surface area contributed by atoms with E-state index in [0.717, 1.165) is 18.8 Å². The van der Waals surface area contributed by atoms with E-state index in [0.29, 0.717) is 23.4 Å². The van der Waals surface area contributed by atoms with Gasteiger partial charge in [-0.2, -0.15) is 0 Å². The Morgan fingerprint density at radius 3 is 2.60 bits per heavy atom. The lowest BCUT2D eigenvalue weighted by atomic mass is 9.83. The van der Waals surface area contributed by atoms with Gasteiger partial charge in [-0.25, -0.2) is 4.79 Å². The summed E-state index contributed by atoms with van der Waals surface area (Å²) in [5.41, 5.74) is 0.173. The molecule has 4 heteroatoms. The van der Waals surface area contributed by atoms with Gasteiger partial charge < -0.3 is 4.98 Å². The first-order chi connectivity index (χ1) is 9.65. The van der Waals surface area contributed by atoms with E-state index < -0.39 is 0 Å². The van der Waals surface area contributed by atoms with Crippen molar-refractivity contribution in [3.8, 4) is 0 Å². The average Bonchev–Trinajstić information content (AvgIpc) is 2.45. The third-order valence-corrected chi connectivity index (χ3v) is 4.47. The number of fused-ring (bicyclic) bond motifs is 1. The lowest BCUT2D eigenvalue weighted by Gasteiger charge is -2.26. The zero-order valence-electron chi connectivity index (χ0n) is 11.8. The second-order valence-electron chi connectivity index (χ2n) is 6.02. The molecule has 1 aromatic heterocycles. The average molecular weight is 272 g/mol. The summed E-state index contributed by atoms with van der Waals surface area (Å²) in [6.45, 7) is 2.82. The second-order valence-corrected chi connectivity index (χ2v) is 6.02. The number of hydrogen-bond donors (Lipinski definition) is 1. The number of nitrogens with one attached hydrogen (secondary N) is 1. The number of aromatic amines is 1. The van der Waals surface area contributed by atoms with Crippen LogP contribution in [0, 0.1) is 11.8 Å². The molecule has 1 aromatic carbocycles. The summed E-state index contributed by atoms with van der Waals surface area (Å²) in [5, 5.41) is 0.594. The Bertz CT molecular complexity index is 721. The molecular formula is C16H20N2O2. The quantitative estimate of drug-likeness (QED) is 0.913. The van der Waals surface area contributed by atoms with Crippen LogP contribution in [0.15, 0.2) is 33.9 Å². The highest BCUT2D eigenvalue weighted by Gasteiger charge is 2.20. The van der Waals surface area contributed by atoms with Crippen molar-refractivity contribution in [3.05, 3.63) is 45.1 Å². The van der Waals surface area contributed by atoms with Gasteiger partial charge in [-0.1, -0.05) is 31.9 Å².